The monoisotopic (exact) mass is 289 g/mol. The fourth-order valence-corrected chi connectivity index (χ4v) is 3.20. The molecular weight excluding hydrogens is 274 g/mol. The van der Waals surface area contributed by atoms with E-state index in [4.69, 9.17) is 0 Å². The molecule has 0 fully saturated rings. The number of carbonyl (C=O) groups is 1. The fourth-order valence-electron chi connectivity index (χ4n) is 3.20. The minimum absolute atomic E-state index is 0.0735. The van der Waals surface area contributed by atoms with E-state index in [0.717, 1.165) is 33.3 Å². The van der Waals surface area contributed by atoms with Crippen LogP contribution in [0.3, 0.4) is 0 Å². The Morgan fingerprint density at radius 3 is 2.55 bits per heavy atom. The number of rotatable bonds is 1. The molecule has 3 aromatic rings. The Bertz CT molecular complexity index is 902. The molecule has 0 bridgehead atoms. The van der Waals surface area contributed by atoms with Crippen LogP contribution in [-0.4, -0.2) is 35.1 Å². The minimum atomic E-state index is -0.304. The second-order valence-electron chi connectivity index (χ2n) is 5.73. The van der Waals surface area contributed by atoms with E-state index < -0.39 is 0 Å². The third-order valence-corrected chi connectivity index (χ3v) is 4.21. The highest BCUT2D eigenvalue weighted by molar-refractivity contribution is 6.01. The number of aromatic nitrogens is 2. The van der Waals surface area contributed by atoms with Crippen LogP contribution in [-0.2, 0) is 4.79 Å². The van der Waals surface area contributed by atoms with Crippen molar-refractivity contribution in [2.45, 2.75) is 5.92 Å². The predicted molar refractivity (Wildman–Crippen MR) is 85.5 cm³/mol. The molecular formula is C18H15N3O. The summed E-state index contributed by atoms with van der Waals surface area (Å²) in [5, 5.41) is 9.72. The van der Waals surface area contributed by atoms with Gasteiger partial charge in [-0.15, -0.1) is 10.2 Å². The van der Waals surface area contributed by atoms with Crippen LogP contribution >= 0.6 is 0 Å². The van der Waals surface area contributed by atoms with Gasteiger partial charge in [0.05, 0.1) is 17.1 Å². The van der Waals surface area contributed by atoms with Crippen LogP contribution in [0.4, 0.5) is 0 Å². The minimum Gasteiger partial charge on any atom is -0.348 e. The second kappa shape index (κ2) is 4.63. The Kier molecular flexibility index (Phi) is 2.73. The molecule has 1 atom stereocenters. The Labute approximate surface area is 128 Å². The number of nitrogens with zero attached hydrogens (tertiary/aromatic N) is 3. The second-order valence-corrected chi connectivity index (χ2v) is 5.73. The van der Waals surface area contributed by atoms with Crippen molar-refractivity contribution in [3.05, 3.63) is 59.7 Å². The van der Waals surface area contributed by atoms with Crippen molar-refractivity contribution in [1.82, 2.24) is 15.1 Å². The van der Waals surface area contributed by atoms with Crippen molar-refractivity contribution in [2.75, 3.05) is 14.1 Å². The van der Waals surface area contributed by atoms with Gasteiger partial charge in [0, 0.05) is 30.6 Å². The highest BCUT2D eigenvalue weighted by Gasteiger charge is 2.37. The molecule has 1 unspecified atom stereocenters. The predicted octanol–water partition coefficient (Wildman–Crippen LogP) is 2.83. The lowest BCUT2D eigenvalue weighted by Gasteiger charge is -2.19. The number of carbonyl (C=O) groups excluding carboxylic acids is 1. The zero-order valence-corrected chi connectivity index (χ0v) is 12.4. The number of hydrogen-bond acceptors (Lipinski definition) is 3. The quantitative estimate of drug-likeness (QED) is 0.692. The van der Waals surface area contributed by atoms with Gasteiger partial charge in [-0.25, -0.2) is 0 Å². The maximum atomic E-state index is 12.8. The molecule has 1 aromatic heterocycles. The first-order valence-corrected chi connectivity index (χ1v) is 7.24. The van der Waals surface area contributed by atoms with Crippen molar-refractivity contribution < 1.29 is 4.79 Å². The number of amides is 1. The normalized spacial score (nSPS) is 15.5. The van der Waals surface area contributed by atoms with E-state index in [-0.39, 0.29) is 11.8 Å². The summed E-state index contributed by atoms with van der Waals surface area (Å²) in [6.45, 7) is 0. The summed E-state index contributed by atoms with van der Waals surface area (Å²) in [4.78, 5) is 14.4. The van der Waals surface area contributed by atoms with Gasteiger partial charge in [0.1, 0.15) is 0 Å². The number of hydrogen-bond donors (Lipinski definition) is 0. The van der Waals surface area contributed by atoms with E-state index in [0.29, 0.717) is 0 Å². The molecule has 4 nitrogen and oxygen atoms in total. The van der Waals surface area contributed by atoms with Gasteiger partial charge in [0.15, 0.2) is 0 Å². The van der Waals surface area contributed by atoms with Crippen LogP contribution in [0.1, 0.15) is 17.0 Å². The lowest BCUT2D eigenvalue weighted by molar-refractivity contribution is -0.129. The molecule has 1 amide bonds. The van der Waals surface area contributed by atoms with Crippen LogP contribution in [0.25, 0.3) is 22.2 Å². The third kappa shape index (κ3) is 1.67. The molecule has 4 heteroatoms. The maximum Gasteiger partial charge on any atom is 0.234 e. The van der Waals surface area contributed by atoms with Gasteiger partial charge >= 0.3 is 0 Å². The standard InChI is InChI=1S/C18H15N3O/c1-21(2)18(22)16-11-7-3-4-8-12(11)17-15(16)13-9-5-6-10-14(13)19-20-17/h3-10,16H,1-2H3. The Morgan fingerprint density at radius 1 is 1.00 bits per heavy atom. The summed E-state index contributed by atoms with van der Waals surface area (Å²) in [7, 11) is 3.58. The largest absolute Gasteiger partial charge is 0.348 e. The Balaban J connectivity index is 2.09. The van der Waals surface area contributed by atoms with E-state index in [1.54, 1.807) is 19.0 Å². The lowest BCUT2D eigenvalue weighted by Crippen LogP contribution is -2.28. The first kappa shape index (κ1) is 13.0. The Morgan fingerprint density at radius 2 is 1.73 bits per heavy atom. The molecule has 0 saturated carbocycles. The maximum absolute atomic E-state index is 12.8. The van der Waals surface area contributed by atoms with E-state index in [2.05, 4.69) is 10.2 Å². The number of likely N-dealkylation sites (N-methyl/N-ethyl adjacent to an activating group) is 1. The molecule has 0 saturated heterocycles. The van der Waals surface area contributed by atoms with Gasteiger partial charge in [-0.2, -0.15) is 0 Å². The molecule has 4 rings (SSSR count). The van der Waals surface area contributed by atoms with Crippen LogP contribution in [0, 0.1) is 0 Å². The zero-order chi connectivity index (χ0) is 15.3. The topological polar surface area (TPSA) is 46.1 Å². The molecule has 0 radical (unpaired) electrons. The van der Waals surface area contributed by atoms with Gasteiger partial charge in [-0.1, -0.05) is 42.5 Å². The molecule has 0 spiro atoms. The summed E-state index contributed by atoms with van der Waals surface area (Å²) in [6.07, 6.45) is 0. The van der Waals surface area contributed by atoms with Crippen LogP contribution in [0.5, 0.6) is 0 Å². The molecule has 2 aromatic carbocycles. The first-order chi connectivity index (χ1) is 10.7. The SMILES string of the molecule is CN(C)C(=O)C1c2ccccc2-c2nnc3ccccc3c21. The van der Waals surface area contributed by atoms with Crippen molar-refractivity contribution >= 4 is 16.8 Å². The van der Waals surface area contributed by atoms with Crippen LogP contribution in [0.15, 0.2) is 48.5 Å². The summed E-state index contributed by atoms with van der Waals surface area (Å²) in [5.74, 6) is -0.231. The van der Waals surface area contributed by atoms with Gasteiger partial charge in [0.25, 0.3) is 0 Å². The van der Waals surface area contributed by atoms with Crippen molar-refractivity contribution in [3.63, 3.8) is 0 Å². The summed E-state index contributed by atoms with van der Waals surface area (Å²) in [5.41, 5.74) is 4.66. The molecule has 0 aliphatic heterocycles. The number of benzene rings is 2. The molecule has 1 aliphatic carbocycles. The summed E-state index contributed by atoms with van der Waals surface area (Å²) >= 11 is 0. The average molecular weight is 289 g/mol. The van der Waals surface area contributed by atoms with Crippen molar-refractivity contribution in [3.8, 4) is 11.3 Å². The lowest BCUT2D eigenvalue weighted by atomic mass is 9.93. The highest BCUT2D eigenvalue weighted by Crippen LogP contribution is 2.46. The fraction of sp³-hybridized carbons (Fsp3) is 0.167. The van der Waals surface area contributed by atoms with Gasteiger partial charge in [0.2, 0.25) is 5.91 Å². The third-order valence-electron chi connectivity index (χ3n) is 4.21. The van der Waals surface area contributed by atoms with Gasteiger partial charge in [-0.3, -0.25) is 4.79 Å². The first-order valence-electron chi connectivity index (χ1n) is 7.24. The van der Waals surface area contributed by atoms with Gasteiger partial charge in [-0.05, 0) is 11.6 Å². The smallest absolute Gasteiger partial charge is 0.234 e. The van der Waals surface area contributed by atoms with Crippen molar-refractivity contribution in [2.24, 2.45) is 0 Å². The zero-order valence-electron chi connectivity index (χ0n) is 12.4. The summed E-state index contributed by atoms with van der Waals surface area (Å²) in [6, 6.07) is 15.8. The van der Waals surface area contributed by atoms with Crippen LogP contribution < -0.4 is 0 Å². The van der Waals surface area contributed by atoms with E-state index in [1.165, 1.54) is 0 Å². The molecule has 1 aliphatic rings. The van der Waals surface area contributed by atoms with Crippen LogP contribution in [0.2, 0.25) is 0 Å². The van der Waals surface area contributed by atoms with E-state index in [1.807, 2.05) is 48.5 Å². The van der Waals surface area contributed by atoms with E-state index >= 15 is 0 Å². The molecule has 108 valence electrons. The molecule has 1 heterocycles. The molecule has 22 heavy (non-hydrogen) atoms. The highest BCUT2D eigenvalue weighted by atomic mass is 16.2. The summed E-state index contributed by atoms with van der Waals surface area (Å²) < 4.78 is 0. The average Bonchev–Trinajstić information content (AvgIpc) is 2.89. The van der Waals surface area contributed by atoms with Crippen molar-refractivity contribution in [1.29, 1.82) is 0 Å². The van der Waals surface area contributed by atoms with Gasteiger partial charge < -0.3 is 4.90 Å². The molecule has 0 N–H and O–H groups in total. The Hall–Kier alpha value is -2.75. The number of fused-ring (bicyclic) bond motifs is 5. The van der Waals surface area contributed by atoms with E-state index in [9.17, 15) is 4.79 Å².